The lowest BCUT2D eigenvalue weighted by Gasteiger charge is -2.13. The van der Waals surface area contributed by atoms with Crippen molar-refractivity contribution in [2.24, 2.45) is 0 Å². The second-order valence-electron chi connectivity index (χ2n) is 4.93. The Morgan fingerprint density at radius 3 is 2.41 bits per heavy atom. The molecule has 22 heavy (non-hydrogen) atoms. The van der Waals surface area contributed by atoms with Crippen LogP contribution in [0.4, 0.5) is 19.0 Å². The maximum absolute atomic E-state index is 13.0. The van der Waals surface area contributed by atoms with E-state index in [2.05, 4.69) is 20.3 Å². The Kier molecular flexibility index (Phi) is 4.92. The van der Waals surface area contributed by atoms with Crippen LogP contribution in [0.3, 0.4) is 0 Å². The van der Waals surface area contributed by atoms with Crippen molar-refractivity contribution >= 4 is 5.82 Å². The van der Waals surface area contributed by atoms with E-state index >= 15 is 0 Å². The Balaban J connectivity index is 2.33. The number of halogens is 3. The molecule has 0 aromatic carbocycles. The molecule has 5 nitrogen and oxygen atoms in total. The van der Waals surface area contributed by atoms with Crippen molar-refractivity contribution < 1.29 is 13.2 Å². The molecule has 8 heteroatoms. The second-order valence-corrected chi connectivity index (χ2v) is 4.93. The van der Waals surface area contributed by atoms with Crippen LogP contribution in [0.1, 0.15) is 5.69 Å². The Morgan fingerprint density at radius 1 is 1.14 bits per heavy atom. The summed E-state index contributed by atoms with van der Waals surface area (Å²) < 4.78 is 38.9. The Labute approximate surface area is 126 Å². The zero-order valence-corrected chi connectivity index (χ0v) is 12.2. The van der Waals surface area contributed by atoms with Crippen molar-refractivity contribution in [1.29, 1.82) is 0 Å². The van der Waals surface area contributed by atoms with Crippen LogP contribution in [0.15, 0.2) is 30.6 Å². The van der Waals surface area contributed by atoms with Crippen molar-refractivity contribution in [2.45, 2.75) is 6.18 Å². The highest BCUT2D eigenvalue weighted by Crippen LogP contribution is 2.30. The average Bonchev–Trinajstić information content (AvgIpc) is 2.46. The zero-order chi connectivity index (χ0) is 16.2. The normalized spacial score (nSPS) is 11.7. The van der Waals surface area contributed by atoms with E-state index in [0.29, 0.717) is 18.7 Å². The third kappa shape index (κ3) is 4.39. The first-order chi connectivity index (χ1) is 10.4. The van der Waals surface area contributed by atoms with Gasteiger partial charge in [-0.2, -0.15) is 13.2 Å². The summed E-state index contributed by atoms with van der Waals surface area (Å²) >= 11 is 0. The summed E-state index contributed by atoms with van der Waals surface area (Å²) in [5, 5.41) is 2.89. The van der Waals surface area contributed by atoms with Gasteiger partial charge in [-0.1, -0.05) is 0 Å². The van der Waals surface area contributed by atoms with E-state index in [9.17, 15) is 13.2 Å². The lowest BCUT2D eigenvalue weighted by Crippen LogP contribution is -2.21. The van der Waals surface area contributed by atoms with Crippen LogP contribution in [0.2, 0.25) is 0 Å². The van der Waals surface area contributed by atoms with Gasteiger partial charge < -0.3 is 10.2 Å². The fourth-order valence-electron chi connectivity index (χ4n) is 1.72. The largest absolute Gasteiger partial charge is 0.433 e. The molecule has 0 amide bonds. The molecule has 0 aliphatic rings. The molecule has 0 saturated carbocycles. The van der Waals surface area contributed by atoms with Gasteiger partial charge in [0.25, 0.3) is 0 Å². The van der Waals surface area contributed by atoms with Crippen molar-refractivity contribution in [1.82, 2.24) is 19.9 Å². The minimum Gasteiger partial charge on any atom is -0.369 e. The van der Waals surface area contributed by atoms with E-state index in [1.165, 1.54) is 12.4 Å². The molecule has 2 aromatic heterocycles. The molecule has 0 unspecified atom stereocenters. The van der Waals surface area contributed by atoms with Gasteiger partial charge in [-0.3, -0.25) is 4.98 Å². The lowest BCUT2D eigenvalue weighted by molar-refractivity contribution is -0.141. The molecule has 0 aliphatic carbocycles. The highest BCUT2D eigenvalue weighted by Gasteiger charge is 2.33. The van der Waals surface area contributed by atoms with E-state index < -0.39 is 11.9 Å². The van der Waals surface area contributed by atoms with Crippen LogP contribution < -0.4 is 5.32 Å². The number of hydrogen-bond acceptors (Lipinski definition) is 5. The van der Waals surface area contributed by atoms with Gasteiger partial charge in [-0.25, -0.2) is 9.97 Å². The highest BCUT2D eigenvalue weighted by molar-refractivity contribution is 5.57. The lowest BCUT2D eigenvalue weighted by atomic mass is 10.2. The first-order valence-electron chi connectivity index (χ1n) is 6.61. The number of aromatic nitrogens is 3. The van der Waals surface area contributed by atoms with Crippen LogP contribution in [0.25, 0.3) is 11.4 Å². The van der Waals surface area contributed by atoms with E-state index in [-0.39, 0.29) is 11.6 Å². The Morgan fingerprint density at radius 2 is 1.82 bits per heavy atom. The van der Waals surface area contributed by atoms with Gasteiger partial charge in [-0.05, 0) is 26.2 Å². The number of anilines is 1. The molecule has 0 radical (unpaired) electrons. The maximum Gasteiger partial charge on any atom is 0.433 e. The first kappa shape index (κ1) is 16.2. The molecular formula is C14H16F3N5. The average molecular weight is 311 g/mol. The van der Waals surface area contributed by atoms with Crippen LogP contribution in [-0.4, -0.2) is 47.0 Å². The maximum atomic E-state index is 13.0. The van der Waals surface area contributed by atoms with Crippen LogP contribution >= 0.6 is 0 Å². The Hall–Kier alpha value is -2.22. The van der Waals surface area contributed by atoms with Crippen LogP contribution in [-0.2, 0) is 6.18 Å². The number of alkyl halides is 3. The topological polar surface area (TPSA) is 53.9 Å². The minimum absolute atomic E-state index is 0.0181. The molecule has 0 spiro atoms. The standard InChI is InChI=1S/C14H16F3N5/c1-22(2)8-7-19-12-9-11(14(15,16)17)20-13(21-12)10-3-5-18-6-4-10/h3-6,9H,7-8H2,1-2H3,(H,19,20,21). The fraction of sp³-hybridized carbons (Fsp3) is 0.357. The number of rotatable bonds is 5. The third-order valence-electron chi connectivity index (χ3n) is 2.82. The molecule has 2 heterocycles. The Bertz CT molecular complexity index is 614. The van der Waals surface area contributed by atoms with E-state index in [4.69, 9.17) is 0 Å². The minimum atomic E-state index is -4.53. The van der Waals surface area contributed by atoms with Crippen LogP contribution in [0.5, 0.6) is 0 Å². The van der Waals surface area contributed by atoms with Gasteiger partial charge in [0, 0.05) is 37.1 Å². The predicted molar refractivity (Wildman–Crippen MR) is 77.3 cm³/mol. The van der Waals surface area contributed by atoms with Crippen LogP contribution in [0, 0.1) is 0 Å². The quantitative estimate of drug-likeness (QED) is 0.919. The highest BCUT2D eigenvalue weighted by atomic mass is 19.4. The molecule has 2 rings (SSSR count). The molecule has 1 N–H and O–H groups in total. The van der Waals surface area contributed by atoms with Gasteiger partial charge in [0.15, 0.2) is 11.5 Å². The fourth-order valence-corrected chi connectivity index (χ4v) is 1.72. The van der Waals surface area contributed by atoms with Gasteiger partial charge >= 0.3 is 6.18 Å². The zero-order valence-electron chi connectivity index (χ0n) is 12.2. The van der Waals surface area contributed by atoms with E-state index in [1.54, 1.807) is 12.1 Å². The van der Waals surface area contributed by atoms with Crippen molar-refractivity contribution in [3.8, 4) is 11.4 Å². The summed E-state index contributed by atoms with van der Waals surface area (Å²) in [7, 11) is 3.76. The summed E-state index contributed by atoms with van der Waals surface area (Å²) in [5.74, 6) is 0.167. The molecule has 118 valence electrons. The molecule has 0 fully saturated rings. The molecule has 0 saturated heterocycles. The van der Waals surface area contributed by atoms with Crippen molar-refractivity contribution in [3.63, 3.8) is 0 Å². The third-order valence-corrected chi connectivity index (χ3v) is 2.82. The SMILES string of the molecule is CN(C)CCNc1cc(C(F)(F)F)nc(-c2ccncc2)n1. The molecular weight excluding hydrogens is 295 g/mol. The van der Waals surface area contributed by atoms with Crippen molar-refractivity contribution in [3.05, 3.63) is 36.3 Å². The number of pyridine rings is 1. The molecule has 0 bridgehead atoms. The summed E-state index contributed by atoms with van der Waals surface area (Å²) in [5.41, 5.74) is -0.488. The molecule has 2 aromatic rings. The summed E-state index contributed by atoms with van der Waals surface area (Å²) in [4.78, 5) is 13.5. The van der Waals surface area contributed by atoms with E-state index in [0.717, 1.165) is 6.07 Å². The molecule has 0 atom stereocenters. The van der Waals surface area contributed by atoms with Gasteiger partial charge in [0.2, 0.25) is 0 Å². The molecule has 0 aliphatic heterocycles. The second kappa shape index (κ2) is 6.69. The van der Waals surface area contributed by atoms with Gasteiger partial charge in [-0.15, -0.1) is 0 Å². The predicted octanol–water partition coefficient (Wildman–Crippen LogP) is 2.53. The summed E-state index contributed by atoms with van der Waals surface area (Å²) in [6, 6.07) is 4.05. The number of hydrogen-bond donors (Lipinski definition) is 1. The summed E-state index contributed by atoms with van der Waals surface area (Å²) in [6.07, 6.45) is -1.56. The number of nitrogens with zero attached hydrogens (tertiary/aromatic N) is 4. The first-order valence-corrected chi connectivity index (χ1v) is 6.61. The monoisotopic (exact) mass is 311 g/mol. The van der Waals surface area contributed by atoms with E-state index in [1.807, 2.05) is 19.0 Å². The van der Waals surface area contributed by atoms with Gasteiger partial charge in [0.1, 0.15) is 5.82 Å². The summed E-state index contributed by atoms with van der Waals surface area (Å²) in [6.45, 7) is 1.16. The van der Waals surface area contributed by atoms with Gasteiger partial charge in [0.05, 0.1) is 0 Å². The smallest absolute Gasteiger partial charge is 0.369 e. The number of nitrogens with one attached hydrogen (secondary N) is 1. The van der Waals surface area contributed by atoms with Crippen molar-refractivity contribution in [2.75, 3.05) is 32.5 Å². The number of likely N-dealkylation sites (N-methyl/N-ethyl adjacent to an activating group) is 1.